The van der Waals surface area contributed by atoms with Crippen LogP contribution in [0.15, 0.2) is 10.2 Å². The van der Waals surface area contributed by atoms with Crippen LogP contribution in [0.4, 0.5) is 0 Å². The number of nitrogens with zero attached hydrogens (tertiary/aromatic N) is 2. The second kappa shape index (κ2) is 18.4. The molecule has 4 aliphatic rings. The van der Waals surface area contributed by atoms with E-state index >= 15 is 0 Å². The third-order valence-electron chi connectivity index (χ3n) is 3.24. The van der Waals surface area contributed by atoms with Crippen LogP contribution in [-0.4, -0.2) is 12.4 Å². The van der Waals surface area contributed by atoms with Gasteiger partial charge in [0.25, 0.3) is 0 Å². The third kappa shape index (κ3) is 14.1. The van der Waals surface area contributed by atoms with Gasteiger partial charge in [0, 0.05) is 58.4 Å². The molecule has 0 aromatic heterocycles. The maximum atomic E-state index is 3.93. The summed E-state index contributed by atoms with van der Waals surface area (Å²) in [5.74, 6) is 3.49. The van der Waals surface area contributed by atoms with E-state index in [4.69, 9.17) is 0 Å². The molecule has 0 N–H and O–H groups in total. The summed E-state index contributed by atoms with van der Waals surface area (Å²) in [6.45, 7) is 2.08. The second-order valence-corrected chi connectivity index (χ2v) is 5.35. The van der Waals surface area contributed by atoms with Gasteiger partial charge < -0.3 is 0 Å². The van der Waals surface area contributed by atoms with E-state index in [-0.39, 0.29) is 34.1 Å². The van der Waals surface area contributed by atoms with E-state index in [0.717, 1.165) is 11.8 Å². The number of hydrogen-bond acceptors (Lipinski definition) is 2. The molecular weight excluding hydrogens is 416 g/mol. The molecule has 4 heteroatoms. The summed E-state index contributed by atoms with van der Waals surface area (Å²) < 4.78 is 0. The second-order valence-electron chi connectivity index (χ2n) is 5.35. The normalized spacial score (nSPS) is 23.6. The molecular formula is C23H22Fe2N2. The molecule has 140 valence electrons. The van der Waals surface area contributed by atoms with Crippen LogP contribution in [0.3, 0.4) is 0 Å². The van der Waals surface area contributed by atoms with Crippen molar-refractivity contribution >= 4 is 12.4 Å². The van der Waals surface area contributed by atoms with Gasteiger partial charge in [0.2, 0.25) is 0 Å². The Morgan fingerprint density at radius 3 is 1.04 bits per heavy atom. The zero-order valence-electron chi connectivity index (χ0n) is 15.1. The summed E-state index contributed by atoms with van der Waals surface area (Å²) in [7, 11) is 0. The topological polar surface area (TPSA) is 24.7 Å². The summed E-state index contributed by atoms with van der Waals surface area (Å²) in [6, 6.07) is 0. The van der Waals surface area contributed by atoms with Crippen molar-refractivity contribution in [3.8, 4) is 0 Å². The Hall–Kier alpha value is 0.379. The van der Waals surface area contributed by atoms with Gasteiger partial charge in [0.05, 0.1) is 0 Å². The van der Waals surface area contributed by atoms with Crippen molar-refractivity contribution < 1.29 is 34.1 Å². The quantitative estimate of drug-likeness (QED) is 0.357. The third-order valence-corrected chi connectivity index (χ3v) is 3.24. The molecule has 20 radical (unpaired) electrons. The van der Waals surface area contributed by atoms with Gasteiger partial charge in [-0.3, -0.25) is 0 Å². The molecule has 0 heterocycles. The summed E-state index contributed by atoms with van der Waals surface area (Å²) in [4.78, 5) is 0. The van der Waals surface area contributed by atoms with Crippen molar-refractivity contribution in [1.82, 2.24) is 0 Å². The molecule has 0 aliphatic heterocycles. The minimum absolute atomic E-state index is 0. The van der Waals surface area contributed by atoms with Gasteiger partial charge in [-0.05, 0) is 115 Å². The zero-order valence-corrected chi connectivity index (χ0v) is 17.3. The molecule has 4 saturated carbocycles. The first-order valence-electron chi connectivity index (χ1n) is 8.19. The van der Waals surface area contributed by atoms with Crippen LogP contribution >= 0.6 is 0 Å². The van der Waals surface area contributed by atoms with Crippen molar-refractivity contribution in [3.05, 3.63) is 127 Å². The van der Waals surface area contributed by atoms with E-state index in [1.807, 2.05) is 96.3 Å². The van der Waals surface area contributed by atoms with Gasteiger partial charge >= 0.3 is 0 Å². The molecule has 0 spiro atoms. The van der Waals surface area contributed by atoms with Crippen molar-refractivity contribution in [1.29, 1.82) is 0 Å². The molecule has 0 amide bonds. The Kier molecular flexibility index (Phi) is 18.7. The summed E-state index contributed by atoms with van der Waals surface area (Å²) in [5, 5.41) is 7.87. The van der Waals surface area contributed by atoms with Crippen molar-refractivity contribution in [2.24, 2.45) is 10.2 Å². The summed E-state index contributed by atoms with van der Waals surface area (Å²) in [5.41, 5.74) is 0. The molecule has 27 heavy (non-hydrogen) atoms. The van der Waals surface area contributed by atoms with E-state index in [1.54, 1.807) is 12.4 Å². The van der Waals surface area contributed by atoms with Crippen LogP contribution in [0.2, 0.25) is 0 Å². The van der Waals surface area contributed by atoms with Crippen molar-refractivity contribution in [2.75, 3.05) is 0 Å². The van der Waals surface area contributed by atoms with Crippen LogP contribution < -0.4 is 0 Å². The molecule has 0 atom stereocenters. The fraction of sp³-hybridized carbons (Fsp3) is 0.0435. The monoisotopic (exact) mass is 438 g/mol. The molecule has 4 aliphatic carbocycles. The maximum absolute atomic E-state index is 3.93. The SMILES string of the molecule is C[C]1[CH][CH][CH][CH]1.[CH]1[CH][CH][CH][CH]1.[CH]1[CH][CH][C](/C=N/N=C/[C]2[CH][CH][CH][CH]2)[CH]1.[Fe].[Fe]. The maximum Gasteiger partial charge on any atom is 0.0347 e. The van der Waals surface area contributed by atoms with Crippen molar-refractivity contribution in [2.45, 2.75) is 6.92 Å². The average Bonchev–Trinajstić information content (AvgIpc) is 3.43. The van der Waals surface area contributed by atoms with Crippen molar-refractivity contribution in [3.63, 3.8) is 0 Å². The Labute approximate surface area is 190 Å². The first kappa shape index (κ1) is 27.4. The summed E-state index contributed by atoms with van der Waals surface area (Å²) >= 11 is 0. The van der Waals surface area contributed by atoms with E-state index in [9.17, 15) is 0 Å². The van der Waals surface area contributed by atoms with Crippen LogP contribution in [0.25, 0.3) is 0 Å². The fourth-order valence-electron chi connectivity index (χ4n) is 1.94. The number of rotatable bonds is 3. The van der Waals surface area contributed by atoms with Gasteiger partial charge in [-0.2, -0.15) is 10.2 Å². The first-order valence-corrected chi connectivity index (χ1v) is 8.19. The Bertz CT molecular complexity index is 331. The van der Waals surface area contributed by atoms with E-state index < -0.39 is 0 Å². The average molecular weight is 438 g/mol. The standard InChI is InChI=1S/C12H10N2.C6H7.C5H5.2Fe/c1-2-6-11(5-1)9-13-14-10-12-7-3-4-8-12;1-6-4-2-3-5-6;1-2-4-5-3-1;;/h1-10H;2-5H,1H3;1-5H;;/b13-9+,14-10+;;;;. The smallest absolute Gasteiger partial charge is 0.0347 e. The van der Waals surface area contributed by atoms with E-state index in [1.165, 1.54) is 5.92 Å². The summed E-state index contributed by atoms with van der Waals surface area (Å²) in [6.07, 6.45) is 37.6. The van der Waals surface area contributed by atoms with E-state index in [2.05, 4.69) is 30.0 Å². The predicted molar refractivity (Wildman–Crippen MR) is 105 cm³/mol. The zero-order chi connectivity index (χ0) is 17.6. The molecule has 2 nitrogen and oxygen atoms in total. The van der Waals surface area contributed by atoms with Gasteiger partial charge in [0.15, 0.2) is 0 Å². The molecule has 0 bridgehead atoms. The largest absolute Gasteiger partial charge is 0.163 e. The molecule has 0 saturated heterocycles. The molecule has 0 aromatic rings. The van der Waals surface area contributed by atoms with E-state index in [0.29, 0.717) is 0 Å². The molecule has 4 fully saturated rings. The Morgan fingerprint density at radius 2 is 0.778 bits per heavy atom. The molecule has 0 unspecified atom stereocenters. The number of hydrogen-bond donors (Lipinski definition) is 0. The Morgan fingerprint density at radius 1 is 0.481 bits per heavy atom. The molecule has 4 rings (SSSR count). The fourth-order valence-corrected chi connectivity index (χ4v) is 1.94. The van der Waals surface area contributed by atoms with Gasteiger partial charge in [-0.25, -0.2) is 0 Å². The predicted octanol–water partition coefficient (Wildman–Crippen LogP) is 4.28. The van der Waals surface area contributed by atoms with Crippen LogP contribution in [0.5, 0.6) is 0 Å². The van der Waals surface area contributed by atoms with Gasteiger partial charge in [-0.15, -0.1) is 0 Å². The van der Waals surface area contributed by atoms with Crippen LogP contribution in [-0.2, 0) is 34.1 Å². The minimum Gasteiger partial charge on any atom is -0.163 e. The van der Waals surface area contributed by atoms with Gasteiger partial charge in [0.1, 0.15) is 0 Å². The van der Waals surface area contributed by atoms with Gasteiger partial charge in [-0.1, -0.05) is 6.92 Å². The first-order chi connectivity index (χ1) is 12.3. The minimum atomic E-state index is 0. The Balaban J connectivity index is 0.000000433. The molecule has 0 aromatic carbocycles. The van der Waals surface area contributed by atoms with Crippen LogP contribution in [0.1, 0.15) is 6.92 Å². The van der Waals surface area contributed by atoms with Crippen LogP contribution in [0, 0.1) is 127 Å².